The maximum absolute atomic E-state index is 11.8. The summed E-state index contributed by atoms with van der Waals surface area (Å²) in [5.41, 5.74) is 0.924. The number of unbranched alkanes of at least 4 members (excludes halogenated alkanes) is 10. The molecule has 0 radical (unpaired) electrons. The first-order valence-electron chi connectivity index (χ1n) is 11.5. The van der Waals surface area contributed by atoms with Crippen LogP contribution in [0.1, 0.15) is 83.1 Å². The number of hydrogen-bond acceptors (Lipinski definition) is 4. The van der Waals surface area contributed by atoms with E-state index in [1.807, 2.05) is 0 Å². The van der Waals surface area contributed by atoms with Crippen molar-refractivity contribution in [2.24, 2.45) is 0 Å². The van der Waals surface area contributed by atoms with E-state index in [-0.39, 0.29) is 46.0 Å². The first-order valence-corrected chi connectivity index (χ1v) is 12.9. The molecule has 1 N–H and O–H groups in total. The normalized spacial score (nSPS) is 11.2. The summed E-state index contributed by atoms with van der Waals surface area (Å²) in [5, 5.41) is 11.8. The van der Waals surface area contributed by atoms with E-state index in [9.17, 15) is 18.1 Å². The molecule has 0 aliphatic rings. The summed E-state index contributed by atoms with van der Waals surface area (Å²) in [7, 11) is -4.31. The van der Waals surface area contributed by atoms with E-state index in [4.69, 9.17) is 4.74 Å². The number of ether oxygens (including phenoxy) is 1. The Bertz CT molecular complexity index is 899. The van der Waals surface area contributed by atoms with Gasteiger partial charge in [0, 0.05) is 6.07 Å². The standard InChI is InChI=1S/C25H36O5S.Na/c1-2-3-4-5-6-7-8-9-10-11-12-14-21-17-18-22(26)19-25(21)30-23-15-13-16-24(20-23)31(27,28)29;/h13,15-20,26H,2-12,14H2,1H3,(H,27,28,29);/q;+1/p-1. The molecule has 5 nitrogen and oxygen atoms in total. The van der Waals surface area contributed by atoms with Crippen LogP contribution in [0.3, 0.4) is 0 Å². The van der Waals surface area contributed by atoms with Gasteiger partial charge in [-0.2, -0.15) is 8.42 Å². The third kappa shape index (κ3) is 11.2. The molecule has 0 aliphatic heterocycles. The van der Waals surface area contributed by atoms with Crippen LogP contribution < -0.4 is 39.4 Å². The summed E-state index contributed by atoms with van der Waals surface area (Å²) in [6.07, 6.45) is 14.8. The van der Waals surface area contributed by atoms with Gasteiger partial charge in [-0.1, -0.05) is 89.3 Å². The van der Waals surface area contributed by atoms with E-state index in [0.717, 1.165) is 24.8 Å². The average molecular weight is 471 g/mol. The van der Waals surface area contributed by atoms with E-state index in [1.54, 1.807) is 12.1 Å². The fourth-order valence-electron chi connectivity index (χ4n) is 3.64. The fourth-order valence-corrected chi connectivity index (χ4v) is 4.16. The van der Waals surface area contributed by atoms with Crippen molar-refractivity contribution >= 4 is 10.1 Å². The van der Waals surface area contributed by atoms with E-state index < -0.39 is 10.1 Å². The van der Waals surface area contributed by atoms with Gasteiger partial charge in [-0.05, 0) is 36.6 Å². The summed E-state index contributed by atoms with van der Waals surface area (Å²) >= 11 is 0. The van der Waals surface area contributed by atoms with Gasteiger partial charge in [0.25, 0.3) is 10.1 Å². The summed E-state index contributed by atoms with van der Waals surface area (Å²) in [5.74, 6) is 0.539. The van der Waals surface area contributed by atoms with Crippen LogP contribution in [0.25, 0.3) is 0 Å². The molecule has 32 heavy (non-hydrogen) atoms. The van der Waals surface area contributed by atoms with Crippen molar-refractivity contribution in [1.82, 2.24) is 0 Å². The van der Waals surface area contributed by atoms with Crippen molar-refractivity contribution in [3.05, 3.63) is 48.0 Å². The van der Waals surface area contributed by atoms with E-state index in [1.165, 1.54) is 88.1 Å². The molecule has 0 atom stereocenters. The van der Waals surface area contributed by atoms with Gasteiger partial charge in [0.1, 0.15) is 11.5 Å². The first kappa shape index (κ1) is 29.0. The Balaban J connectivity index is 0.00000512. The first-order chi connectivity index (χ1) is 14.9. The Morgan fingerprint density at radius 3 is 2.03 bits per heavy atom. The maximum Gasteiger partial charge on any atom is 1.00 e. The maximum atomic E-state index is 11.8. The van der Waals surface area contributed by atoms with Crippen molar-refractivity contribution in [3.8, 4) is 17.2 Å². The van der Waals surface area contributed by atoms with Gasteiger partial charge < -0.3 is 9.84 Å². The Morgan fingerprint density at radius 2 is 1.44 bits per heavy atom. The molecule has 2 aromatic carbocycles. The Hall–Kier alpha value is -1.05. The minimum absolute atomic E-state index is 0. The SMILES string of the molecule is CCCCCCCCCCCCCc1ccc([O-])cc1Oc1cccc(S(=O)(=O)O)c1.[Na+]. The monoisotopic (exact) mass is 470 g/mol. The molecule has 0 heterocycles. The van der Waals surface area contributed by atoms with Crippen molar-refractivity contribution in [2.45, 2.75) is 88.9 Å². The predicted octanol–water partition coefficient (Wildman–Crippen LogP) is 3.66. The molecule has 0 unspecified atom stereocenters. The average Bonchev–Trinajstić information content (AvgIpc) is 2.73. The van der Waals surface area contributed by atoms with Crippen molar-refractivity contribution in [3.63, 3.8) is 0 Å². The minimum Gasteiger partial charge on any atom is -0.872 e. The molecule has 0 aliphatic carbocycles. The van der Waals surface area contributed by atoms with Gasteiger partial charge in [-0.3, -0.25) is 4.55 Å². The second-order valence-electron chi connectivity index (χ2n) is 8.11. The summed E-state index contributed by atoms with van der Waals surface area (Å²) in [4.78, 5) is -0.241. The molecule has 0 aromatic heterocycles. The van der Waals surface area contributed by atoms with Crippen molar-refractivity contribution in [2.75, 3.05) is 0 Å². The quantitative estimate of drug-likeness (QED) is 0.244. The van der Waals surface area contributed by atoms with Crippen LogP contribution in [0, 0.1) is 0 Å². The molecule has 2 aromatic rings. The minimum atomic E-state index is -4.31. The van der Waals surface area contributed by atoms with Crippen molar-refractivity contribution in [1.29, 1.82) is 0 Å². The fraction of sp³-hybridized carbons (Fsp3) is 0.520. The van der Waals surface area contributed by atoms with Crippen molar-refractivity contribution < 1.29 is 52.4 Å². The molecule has 0 saturated carbocycles. The molecule has 2 rings (SSSR count). The van der Waals surface area contributed by atoms with Gasteiger partial charge in [-0.15, -0.1) is 5.75 Å². The van der Waals surface area contributed by atoms with Gasteiger partial charge in [0.2, 0.25) is 0 Å². The third-order valence-electron chi connectivity index (χ3n) is 5.42. The number of rotatable bonds is 15. The zero-order valence-corrected chi connectivity index (χ0v) is 22.3. The summed E-state index contributed by atoms with van der Waals surface area (Å²) in [6.45, 7) is 2.24. The summed E-state index contributed by atoms with van der Waals surface area (Å²) < 4.78 is 37.7. The second-order valence-corrected chi connectivity index (χ2v) is 9.53. The second kappa shape index (κ2) is 15.7. The van der Waals surface area contributed by atoms with E-state index in [0.29, 0.717) is 5.75 Å². The third-order valence-corrected chi connectivity index (χ3v) is 6.27. The smallest absolute Gasteiger partial charge is 0.872 e. The Labute approximate surface area is 215 Å². The molecule has 7 heteroatoms. The van der Waals surface area contributed by atoms with E-state index >= 15 is 0 Å². The van der Waals surface area contributed by atoms with Gasteiger partial charge in [0.15, 0.2) is 0 Å². The Kier molecular flexibility index (Phi) is 14.2. The topological polar surface area (TPSA) is 86.7 Å². The van der Waals surface area contributed by atoms with Crippen LogP contribution in [0.15, 0.2) is 47.4 Å². The number of hydrogen-bond donors (Lipinski definition) is 1. The van der Waals surface area contributed by atoms with E-state index in [2.05, 4.69) is 6.92 Å². The van der Waals surface area contributed by atoms with Gasteiger partial charge in [-0.25, -0.2) is 0 Å². The van der Waals surface area contributed by atoms with Gasteiger partial charge >= 0.3 is 29.6 Å². The molecule has 0 spiro atoms. The molecular formula is C25H35NaO5S. The molecule has 0 amide bonds. The zero-order chi connectivity index (χ0) is 22.5. The van der Waals surface area contributed by atoms with Crippen LogP contribution in [0.5, 0.6) is 17.2 Å². The Morgan fingerprint density at radius 1 is 0.844 bits per heavy atom. The summed E-state index contributed by atoms with van der Waals surface area (Å²) in [6, 6.07) is 10.3. The molecule has 172 valence electrons. The zero-order valence-electron chi connectivity index (χ0n) is 19.5. The van der Waals surface area contributed by atoms with Crippen LogP contribution in [-0.4, -0.2) is 13.0 Å². The molecular weight excluding hydrogens is 435 g/mol. The largest absolute Gasteiger partial charge is 1.00 e. The predicted molar refractivity (Wildman–Crippen MR) is 122 cm³/mol. The number of benzene rings is 2. The van der Waals surface area contributed by atoms with Crippen LogP contribution in [0.4, 0.5) is 0 Å². The molecule has 0 fully saturated rings. The molecule has 0 bridgehead atoms. The number of aryl methyl sites for hydroxylation is 1. The van der Waals surface area contributed by atoms with Gasteiger partial charge in [0.05, 0.1) is 4.90 Å². The van der Waals surface area contributed by atoms with Crippen LogP contribution in [-0.2, 0) is 16.5 Å². The van der Waals surface area contributed by atoms with Crippen LogP contribution >= 0.6 is 0 Å². The van der Waals surface area contributed by atoms with Crippen LogP contribution in [0.2, 0.25) is 0 Å². The molecule has 0 saturated heterocycles.